The van der Waals surface area contributed by atoms with Gasteiger partial charge in [-0.05, 0) is 23.6 Å². The molecule has 0 aliphatic heterocycles. The molecular formula is C13H17BrN2O3. The van der Waals surface area contributed by atoms with E-state index in [1.54, 1.807) is 6.07 Å². The number of halogens is 1. The molecule has 6 heteroatoms. The Balaban J connectivity index is 2.78. The first-order valence-corrected chi connectivity index (χ1v) is 6.66. The number of primary amides is 1. The third-order valence-electron chi connectivity index (χ3n) is 2.79. The molecule has 1 rings (SSSR count). The first kappa shape index (κ1) is 15.7. The molecule has 0 saturated heterocycles. The van der Waals surface area contributed by atoms with Gasteiger partial charge in [0.25, 0.3) is 0 Å². The number of hydrogen-bond donors (Lipinski definition) is 3. The van der Waals surface area contributed by atoms with Crippen molar-refractivity contribution in [2.75, 3.05) is 0 Å². The van der Waals surface area contributed by atoms with Crippen LogP contribution in [0, 0.1) is 5.92 Å². The van der Waals surface area contributed by atoms with Crippen LogP contribution in [0.25, 0.3) is 0 Å². The second kappa shape index (κ2) is 6.68. The van der Waals surface area contributed by atoms with Crippen molar-refractivity contribution >= 4 is 27.8 Å². The summed E-state index contributed by atoms with van der Waals surface area (Å²) in [6, 6.07) is 4.36. The van der Waals surface area contributed by atoms with E-state index in [-0.39, 0.29) is 11.5 Å². The fraction of sp³-hybridized carbons (Fsp3) is 0.385. The van der Waals surface area contributed by atoms with Gasteiger partial charge >= 0.3 is 5.97 Å². The molecular weight excluding hydrogens is 312 g/mol. The van der Waals surface area contributed by atoms with Gasteiger partial charge in [0.1, 0.15) is 0 Å². The summed E-state index contributed by atoms with van der Waals surface area (Å²) >= 11 is 3.32. The SMILES string of the molecule is CC(C)C(NCc1ccc(C(=O)O)cc1Br)C(N)=O. The van der Waals surface area contributed by atoms with Gasteiger partial charge < -0.3 is 16.2 Å². The maximum Gasteiger partial charge on any atom is 0.335 e. The molecule has 4 N–H and O–H groups in total. The Morgan fingerprint density at radius 2 is 2.05 bits per heavy atom. The zero-order chi connectivity index (χ0) is 14.6. The summed E-state index contributed by atoms with van der Waals surface area (Å²) in [5, 5.41) is 11.9. The number of carbonyl (C=O) groups excluding carboxylic acids is 1. The van der Waals surface area contributed by atoms with Gasteiger partial charge in [-0.3, -0.25) is 4.79 Å². The Hall–Kier alpha value is -1.40. The van der Waals surface area contributed by atoms with Crippen molar-refractivity contribution in [2.45, 2.75) is 26.4 Å². The summed E-state index contributed by atoms with van der Waals surface area (Å²) < 4.78 is 0.687. The molecule has 0 aromatic heterocycles. The maximum atomic E-state index is 11.3. The summed E-state index contributed by atoms with van der Waals surface area (Å²) in [6.45, 7) is 4.25. The second-order valence-electron chi connectivity index (χ2n) is 4.62. The number of amides is 1. The van der Waals surface area contributed by atoms with Gasteiger partial charge in [-0.2, -0.15) is 0 Å². The van der Waals surface area contributed by atoms with E-state index in [9.17, 15) is 9.59 Å². The van der Waals surface area contributed by atoms with Crippen LogP contribution in [0.1, 0.15) is 29.8 Å². The van der Waals surface area contributed by atoms with Gasteiger partial charge in [0.2, 0.25) is 5.91 Å². The van der Waals surface area contributed by atoms with Crippen LogP contribution in [-0.4, -0.2) is 23.0 Å². The lowest BCUT2D eigenvalue weighted by Gasteiger charge is -2.19. The number of nitrogens with one attached hydrogen (secondary N) is 1. The number of hydrogen-bond acceptors (Lipinski definition) is 3. The quantitative estimate of drug-likeness (QED) is 0.741. The lowest BCUT2D eigenvalue weighted by atomic mass is 10.0. The first-order chi connectivity index (χ1) is 8.82. The minimum absolute atomic E-state index is 0.0922. The monoisotopic (exact) mass is 328 g/mol. The average molecular weight is 329 g/mol. The predicted molar refractivity (Wildman–Crippen MR) is 75.8 cm³/mol. The van der Waals surface area contributed by atoms with Crippen LogP contribution in [0.2, 0.25) is 0 Å². The zero-order valence-corrected chi connectivity index (χ0v) is 12.4. The maximum absolute atomic E-state index is 11.3. The van der Waals surface area contributed by atoms with Crippen molar-refractivity contribution in [2.24, 2.45) is 11.7 Å². The Morgan fingerprint density at radius 1 is 1.42 bits per heavy atom. The van der Waals surface area contributed by atoms with Gasteiger partial charge in [-0.1, -0.05) is 35.8 Å². The number of carbonyl (C=O) groups is 2. The van der Waals surface area contributed by atoms with Crippen molar-refractivity contribution in [3.05, 3.63) is 33.8 Å². The summed E-state index contributed by atoms with van der Waals surface area (Å²) in [5.74, 6) is -1.28. The molecule has 0 saturated carbocycles. The van der Waals surface area contributed by atoms with Crippen LogP contribution in [0.5, 0.6) is 0 Å². The molecule has 1 amide bonds. The molecule has 0 heterocycles. The van der Waals surface area contributed by atoms with Gasteiger partial charge in [0.05, 0.1) is 11.6 Å². The van der Waals surface area contributed by atoms with E-state index < -0.39 is 17.9 Å². The lowest BCUT2D eigenvalue weighted by molar-refractivity contribution is -0.121. The molecule has 0 spiro atoms. The highest BCUT2D eigenvalue weighted by molar-refractivity contribution is 9.10. The summed E-state index contributed by atoms with van der Waals surface area (Å²) in [5.41, 5.74) is 6.40. The Bertz CT molecular complexity index is 489. The molecule has 104 valence electrons. The van der Waals surface area contributed by atoms with Crippen molar-refractivity contribution in [3.63, 3.8) is 0 Å². The highest BCUT2D eigenvalue weighted by Gasteiger charge is 2.19. The molecule has 0 aliphatic rings. The normalized spacial score (nSPS) is 12.4. The molecule has 1 atom stereocenters. The van der Waals surface area contributed by atoms with E-state index in [1.807, 2.05) is 13.8 Å². The fourth-order valence-electron chi connectivity index (χ4n) is 1.71. The molecule has 0 bridgehead atoms. The lowest BCUT2D eigenvalue weighted by Crippen LogP contribution is -2.44. The van der Waals surface area contributed by atoms with Crippen molar-refractivity contribution in [1.29, 1.82) is 0 Å². The van der Waals surface area contributed by atoms with Gasteiger partial charge in [0.15, 0.2) is 0 Å². The summed E-state index contributed by atoms with van der Waals surface area (Å²) in [6.07, 6.45) is 0. The molecule has 19 heavy (non-hydrogen) atoms. The van der Waals surface area contributed by atoms with Crippen LogP contribution in [0.4, 0.5) is 0 Å². The molecule has 0 aliphatic carbocycles. The summed E-state index contributed by atoms with van der Waals surface area (Å²) in [7, 11) is 0. The molecule has 1 unspecified atom stereocenters. The predicted octanol–water partition coefficient (Wildman–Crippen LogP) is 1.75. The number of carboxylic acid groups (broad SMARTS) is 1. The Labute approximate surface area is 120 Å². The number of nitrogens with two attached hydrogens (primary N) is 1. The highest BCUT2D eigenvalue weighted by Crippen LogP contribution is 2.19. The van der Waals surface area contributed by atoms with Crippen molar-refractivity contribution in [1.82, 2.24) is 5.32 Å². The van der Waals surface area contributed by atoms with Gasteiger partial charge in [-0.25, -0.2) is 4.79 Å². The van der Waals surface area contributed by atoms with Crippen LogP contribution in [0.15, 0.2) is 22.7 Å². The van der Waals surface area contributed by atoms with E-state index in [2.05, 4.69) is 21.2 Å². The molecule has 1 aromatic carbocycles. The van der Waals surface area contributed by atoms with Gasteiger partial charge in [-0.15, -0.1) is 0 Å². The number of aromatic carboxylic acids is 1. The van der Waals surface area contributed by atoms with E-state index in [4.69, 9.17) is 10.8 Å². The minimum Gasteiger partial charge on any atom is -0.478 e. The number of benzene rings is 1. The number of carboxylic acids is 1. The van der Waals surface area contributed by atoms with E-state index in [0.29, 0.717) is 11.0 Å². The second-order valence-corrected chi connectivity index (χ2v) is 5.47. The van der Waals surface area contributed by atoms with Crippen LogP contribution in [-0.2, 0) is 11.3 Å². The van der Waals surface area contributed by atoms with Crippen LogP contribution < -0.4 is 11.1 Å². The number of rotatable bonds is 6. The first-order valence-electron chi connectivity index (χ1n) is 5.87. The molecule has 1 aromatic rings. The topological polar surface area (TPSA) is 92.4 Å². The Kier molecular flexibility index (Phi) is 5.50. The van der Waals surface area contributed by atoms with E-state index in [0.717, 1.165) is 5.56 Å². The molecule has 5 nitrogen and oxygen atoms in total. The largest absolute Gasteiger partial charge is 0.478 e. The molecule has 0 fully saturated rings. The minimum atomic E-state index is -0.975. The van der Waals surface area contributed by atoms with Crippen molar-refractivity contribution in [3.8, 4) is 0 Å². The van der Waals surface area contributed by atoms with E-state index >= 15 is 0 Å². The molecule has 0 radical (unpaired) electrons. The fourth-order valence-corrected chi connectivity index (χ4v) is 2.23. The smallest absolute Gasteiger partial charge is 0.335 e. The third kappa shape index (κ3) is 4.33. The van der Waals surface area contributed by atoms with Crippen molar-refractivity contribution < 1.29 is 14.7 Å². The average Bonchev–Trinajstić information content (AvgIpc) is 2.29. The third-order valence-corrected chi connectivity index (χ3v) is 3.52. The van der Waals surface area contributed by atoms with E-state index in [1.165, 1.54) is 12.1 Å². The van der Waals surface area contributed by atoms with Crippen LogP contribution in [0.3, 0.4) is 0 Å². The standard InChI is InChI=1S/C13H17BrN2O3/c1-7(2)11(12(15)17)16-6-9-4-3-8(13(18)19)5-10(9)14/h3-5,7,11,16H,6H2,1-2H3,(H2,15,17)(H,18,19). The summed E-state index contributed by atoms with van der Waals surface area (Å²) in [4.78, 5) is 22.1. The highest BCUT2D eigenvalue weighted by atomic mass is 79.9. The van der Waals surface area contributed by atoms with Crippen LogP contribution >= 0.6 is 15.9 Å². The van der Waals surface area contributed by atoms with Gasteiger partial charge in [0, 0.05) is 11.0 Å². The Morgan fingerprint density at radius 3 is 2.47 bits per heavy atom. The zero-order valence-electron chi connectivity index (χ0n) is 10.8.